The summed E-state index contributed by atoms with van der Waals surface area (Å²) < 4.78 is 26.8. The van der Waals surface area contributed by atoms with Crippen molar-refractivity contribution in [3.05, 3.63) is 29.8 Å². The first kappa shape index (κ1) is 18.9. The summed E-state index contributed by atoms with van der Waals surface area (Å²) in [6.07, 6.45) is 4.98. The molecule has 0 heterocycles. The van der Waals surface area contributed by atoms with Gasteiger partial charge in [-0.15, -0.1) is 0 Å². The molecule has 1 unspecified atom stereocenters. The van der Waals surface area contributed by atoms with Crippen LogP contribution in [0.4, 0.5) is 0 Å². The van der Waals surface area contributed by atoms with E-state index in [-0.39, 0.29) is 22.9 Å². The van der Waals surface area contributed by atoms with Crippen molar-refractivity contribution in [1.29, 1.82) is 0 Å². The highest BCUT2D eigenvalue weighted by Gasteiger charge is 2.27. The van der Waals surface area contributed by atoms with Gasteiger partial charge in [0.25, 0.3) is 5.91 Å². The van der Waals surface area contributed by atoms with Crippen molar-refractivity contribution >= 4 is 15.9 Å². The highest BCUT2D eigenvalue weighted by molar-refractivity contribution is 7.89. The Morgan fingerprint density at radius 2 is 1.75 bits per heavy atom. The monoisotopic (exact) mass is 352 g/mol. The summed E-state index contributed by atoms with van der Waals surface area (Å²) >= 11 is 0. The fourth-order valence-corrected chi connectivity index (χ4v) is 3.79. The maximum atomic E-state index is 12.2. The maximum Gasteiger partial charge on any atom is 0.251 e. The van der Waals surface area contributed by atoms with Gasteiger partial charge in [0.2, 0.25) is 10.0 Å². The molecule has 1 aliphatic carbocycles. The van der Waals surface area contributed by atoms with Crippen molar-refractivity contribution in [3.8, 4) is 0 Å². The van der Waals surface area contributed by atoms with Gasteiger partial charge in [-0.25, -0.2) is 13.1 Å². The first-order valence-corrected chi connectivity index (χ1v) is 10.2. The van der Waals surface area contributed by atoms with Crippen LogP contribution in [0, 0.1) is 5.92 Å². The van der Waals surface area contributed by atoms with E-state index in [1.54, 1.807) is 12.1 Å². The number of sulfonamides is 1. The topological polar surface area (TPSA) is 75.3 Å². The molecule has 1 aromatic rings. The summed E-state index contributed by atoms with van der Waals surface area (Å²) in [5.74, 6) is 0.512. The Hall–Kier alpha value is -1.40. The number of hydrogen-bond acceptors (Lipinski definition) is 3. The van der Waals surface area contributed by atoms with E-state index in [1.165, 1.54) is 12.1 Å². The van der Waals surface area contributed by atoms with Crippen LogP contribution in [-0.2, 0) is 10.0 Å². The van der Waals surface area contributed by atoms with Crippen LogP contribution < -0.4 is 10.0 Å². The molecule has 2 rings (SSSR count). The molecule has 2 N–H and O–H groups in total. The second-order valence-corrected chi connectivity index (χ2v) is 8.83. The Morgan fingerprint density at radius 3 is 2.29 bits per heavy atom. The maximum absolute atomic E-state index is 12.2. The minimum absolute atomic E-state index is 0.0738. The first-order chi connectivity index (χ1) is 11.3. The van der Waals surface area contributed by atoms with Gasteiger partial charge in [-0.05, 0) is 56.4 Å². The molecule has 1 aliphatic rings. The number of hydrogen-bond donors (Lipinski definition) is 2. The summed E-state index contributed by atoms with van der Waals surface area (Å²) in [4.78, 5) is 12.4. The molecule has 6 heteroatoms. The third-order valence-electron chi connectivity index (χ3n) is 4.12. The average Bonchev–Trinajstić information content (AvgIpc) is 3.30. The lowest BCUT2D eigenvalue weighted by molar-refractivity contribution is 0.0937. The zero-order valence-electron chi connectivity index (χ0n) is 14.7. The second kappa shape index (κ2) is 8.12. The van der Waals surface area contributed by atoms with Crippen molar-refractivity contribution < 1.29 is 13.2 Å². The largest absolute Gasteiger partial charge is 0.350 e. The number of carbonyl (C=O) groups excluding carboxylic acids is 1. The molecule has 5 nitrogen and oxygen atoms in total. The Balaban J connectivity index is 1.88. The Bertz CT molecular complexity index is 649. The minimum Gasteiger partial charge on any atom is -0.350 e. The molecule has 1 atom stereocenters. The Kier molecular flexibility index (Phi) is 6.40. The molecule has 0 saturated heterocycles. The van der Waals surface area contributed by atoms with Crippen LogP contribution in [-0.4, -0.2) is 26.4 Å². The Labute approximate surface area is 145 Å². The predicted octanol–water partition coefficient (Wildman–Crippen LogP) is 3.07. The normalized spacial score (nSPS) is 16.2. The van der Waals surface area contributed by atoms with Crippen LogP contribution >= 0.6 is 0 Å². The molecule has 1 fully saturated rings. The molecule has 0 spiro atoms. The van der Waals surface area contributed by atoms with Crippen molar-refractivity contribution in [3.63, 3.8) is 0 Å². The van der Waals surface area contributed by atoms with Crippen LogP contribution in [0.3, 0.4) is 0 Å². The van der Waals surface area contributed by atoms with Crippen LogP contribution in [0.15, 0.2) is 29.2 Å². The number of rotatable bonds is 9. The van der Waals surface area contributed by atoms with Gasteiger partial charge in [0.15, 0.2) is 0 Å². The van der Waals surface area contributed by atoms with Gasteiger partial charge in [-0.3, -0.25) is 4.79 Å². The van der Waals surface area contributed by atoms with Gasteiger partial charge < -0.3 is 5.32 Å². The van der Waals surface area contributed by atoms with Gasteiger partial charge >= 0.3 is 0 Å². The highest BCUT2D eigenvalue weighted by Crippen LogP contribution is 2.22. The zero-order chi connectivity index (χ0) is 17.7. The standard InChI is InChI=1S/C18H28N2O3S/c1-13(2)5-4-6-14(3)19-18(21)15-7-11-17(12-8-15)24(22,23)20-16-9-10-16/h7-8,11-14,16,20H,4-6,9-10H2,1-3H3,(H,19,21). The van der Waals surface area contributed by atoms with Crippen molar-refractivity contribution in [2.45, 2.75) is 69.9 Å². The van der Waals surface area contributed by atoms with Gasteiger partial charge in [0.1, 0.15) is 0 Å². The highest BCUT2D eigenvalue weighted by atomic mass is 32.2. The number of carbonyl (C=O) groups is 1. The molecule has 0 bridgehead atoms. The SMILES string of the molecule is CC(C)CCCC(C)NC(=O)c1ccc(S(=O)(=O)NC2CC2)cc1. The van der Waals surface area contributed by atoms with Crippen LogP contribution in [0.5, 0.6) is 0 Å². The summed E-state index contributed by atoms with van der Waals surface area (Å²) in [5, 5.41) is 2.97. The van der Waals surface area contributed by atoms with E-state index in [0.29, 0.717) is 11.5 Å². The predicted molar refractivity (Wildman–Crippen MR) is 95.4 cm³/mol. The second-order valence-electron chi connectivity index (χ2n) is 7.12. The third-order valence-corrected chi connectivity index (χ3v) is 5.66. The molecule has 0 aliphatic heterocycles. The van der Waals surface area contributed by atoms with Gasteiger partial charge in [-0.1, -0.05) is 26.7 Å². The fraction of sp³-hybridized carbons (Fsp3) is 0.611. The quantitative estimate of drug-likeness (QED) is 0.717. The van der Waals surface area contributed by atoms with Crippen molar-refractivity contribution in [2.75, 3.05) is 0 Å². The molecule has 24 heavy (non-hydrogen) atoms. The summed E-state index contributed by atoms with van der Waals surface area (Å²) in [5.41, 5.74) is 0.482. The van der Waals surface area contributed by atoms with Gasteiger partial charge in [0, 0.05) is 17.6 Å². The van der Waals surface area contributed by atoms with Gasteiger partial charge in [0.05, 0.1) is 4.90 Å². The average molecular weight is 353 g/mol. The molecule has 0 radical (unpaired) electrons. The summed E-state index contributed by atoms with van der Waals surface area (Å²) in [7, 11) is -3.46. The molecular formula is C18H28N2O3S. The van der Waals surface area contributed by atoms with E-state index in [2.05, 4.69) is 23.9 Å². The molecule has 1 aromatic carbocycles. The molecule has 134 valence electrons. The lowest BCUT2D eigenvalue weighted by Crippen LogP contribution is -2.32. The smallest absolute Gasteiger partial charge is 0.251 e. The summed E-state index contributed by atoms with van der Waals surface area (Å²) in [6.45, 7) is 6.38. The van der Waals surface area contributed by atoms with E-state index < -0.39 is 10.0 Å². The minimum atomic E-state index is -3.46. The van der Waals surface area contributed by atoms with E-state index in [1.807, 2.05) is 6.92 Å². The van der Waals surface area contributed by atoms with E-state index in [9.17, 15) is 13.2 Å². The summed E-state index contributed by atoms with van der Waals surface area (Å²) in [6, 6.07) is 6.29. The van der Waals surface area contributed by atoms with E-state index in [0.717, 1.165) is 32.1 Å². The molecular weight excluding hydrogens is 324 g/mol. The lowest BCUT2D eigenvalue weighted by Gasteiger charge is -2.15. The van der Waals surface area contributed by atoms with Crippen LogP contribution in [0.2, 0.25) is 0 Å². The number of benzene rings is 1. The van der Waals surface area contributed by atoms with Gasteiger partial charge in [-0.2, -0.15) is 0 Å². The molecule has 1 amide bonds. The first-order valence-electron chi connectivity index (χ1n) is 8.71. The number of amides is 1. The van der Waals surface area contributed by atoms with Crippen molar-refractivity contribution in [1.82, 2.24) is 10.0 Å². The molecule has 1 saturated carbocycles. The Morgan fingerprint density at radius 1 is 1.12 bits per heavy atom. The third kappa shape index (κ3) is 5.91. The number of nitrogens with one attached hydrogen (secondary N) is 2. The van der Waals surface area contributed by atoms with Crippen LogP contribution in [0.1, 0.15) is 63.2 Å². The van der Waals surface area contributed by atoms with Crippen molar-refractivity contribution in [2.24, 2.45) is 5.92 Å². The van der Waals surface area contributed by atoms with Crippen LogP contribution in [0.25, 0.3) is 0 Å². The van der Waals surface area contributed by atoms with E-state index in [4.69, 9.17) is 0 Å². The van der Waals surface area contributed by atoms with E-state index >= 15 is 0 Å². The molecule has 0 aromatic heterocycles. The lowest BCUT2D eigenvalue weighted by atomic mass is 10.0. The zero-order valence-corrected chi connectivity index (χ0v) is 15.5. The fourth-order valence-electron chi connectivity index (χ4n) is 2.49.